The number of furan rings is 1. The maximum Gasteiger partial charge on any atom is 0.287 e. The van der Waals surface area contributed by atoms with E-state index < -0.39 is 24.0 Å². The molecule has 0 saturated carbocycles. The number of hydrogen-bond donors (Lipinski definition) is 1. The van der Waals surface area contributed by atoms with E-state index in [0.29, 0.717) is 36.1 Å². The molecule has 3 unspecified atom stereocenters. The van der Waals surface area contributed by atoms with Crippen molar-refractivity contribution in [1.29, 1.82) is 0 Å². The highest BCUT2D eigenvalue weighted by Crippen LogP contribution is 2.32. The van der Waals surface area contributed by atoms with Crippen LogP contribution in [0.5, 0.6) is 5.75 Å². The first-order valence-corrected chi connectivity index (χ1v) is 12.7. The highest BCUT2D eigenvalue weighted by Gasteiger charge is 2.52. The smallest absolute Gasteiger partial charge is 0.287 e. The van der Waals surface area contributed by atoms with E-state index in [1.807, 2.05) is 13.8 Å². The van der Waals surface area contributed by atoms with Crippen molar-refractivity contribution in [3.63, 3.8) is 0 Å². The second-order valence-corrected chi connectivity index (χ2v) is 10.1. The van der Waals surface area contributed by atoms with Gasteiger partial charge in [0.1, 0.15) is 29.1 Å². The molecule has 10 heteroatoms. The van der Waals surface area contributed by atoms with Gasteiger partial charge < -0.3 is 24.3 Å². The molecule has 0 bridgehead atoms. The SMILES string of the molecule is COc1ccc2oc(C(=O)NC(CC(C)C)C(=O)N3CCC4C3C(=O)CN4C(=O)c3ccccn3)cc2c1. The van der Waals surface area contributed by atoms with Crippen LogP contribution < -0.4 is 10.1 Å². The van der Waals surface area contributed by atoms with Crippen molar-refractivity contribution in [1.82, 2.24) is 20.1 Å². The number of rotatable bonds is 7. The summed E-state index contributed by atoms with van der Waals surface area (Å²) in [7, 11) is 1.56. The van der Waals surface area contributed by atoms with Crippen LogP contribution in [0.4, 0.5) is 0 Å². The Labute approximate surface area is 219 Å². The Morgan fingerprint density at radius 3 is 2.68 bits per heavy atom. The highest BCUT2D eigenvalue weighted by atomic mass is 16.5. The van der Waals surface area contributed by atoms with Gasteiger partial charge in [0.25, 0.3) is 11.8 Å². The van der Waals surface area contributed by atoms with Crippen molar-refractivity contribution in [2.45, 2.75) is 44.8 Å². The molecule has 4 heterocycles. The van der Waals surface area contributed by atoms with Gasteiger partial charge in [0, 0.05) is 18.1 Å². The van der Waals surface area contributed by atoms with E-state index in [1.54, 1.807) is 49.6 Å². The van der Waals surface area contributed by atoms with Gasteiger partial charge in [-0.1, -0.05) is 19.9 Å². The summed E-state index contributed by atoms with van der Waals surface area (Å²) in [6.45, 7) is 4.17. The molecule has 0 spiro atoms. The van der Waals surface area contributed by atoms with Crippen molar-refractivity contribution < 1.29 is 28.3 Å². The van der Waals surface area contributed by atoms with E-state index in [1.165, 1.54) is 16.0 Å². The van der Waals surface area contributed by atoms with E-state index in [9.17, 15) is 19.2 Å². The third kappa shape index (κ3) is 4.73. The fourth-order valence-corrected chi connectivity index (χ4v) is 5.36. The molecule has 3 atom stereocenters. The Bertz CT molecular complexity index is 1380. The zero-order valence-electron chi connectivity index (χ0n) is 21.5. The predicted octanol–water partition coefficient (Wildman–Crippen LogP) is 2.68. The first-order chi connectivity index (χ1) is 18.3. The van der Waals surface area contributed by atoms with E-state index in [-0.39, 0.29) is 41.5 Å². The van der Waals surface area contributed by atoms with Crippen LogP contribution in [-0.2, 0) is 9.59 Å². The number of amides is 3. The van der Waals surface area contributed by atoms with Gasteiger partial charge in [0.15, 0.2) is 11.5 Å². The number of pyridine rings is 1. The van der Waals surface area contributed by atoms with Gasteiger partial charge in [-0.15, -0.1) is 0 Å². The highest BCUT2D eigenvalue weighted by molar-refractivity contribution is 6.03. The average Bonchev–Trinajstić information content (AvgIpc) is 3.62. The first kappa shape index (κ1) is 25.4. The van der Waals surface area contributed by atoms with Crippen LogP contribution >= 0.6 is 0 Å². The second kappa shape index (κ2) is 10.3. The molecule has 3 aromatic rings. The van der Waals surface area contributed by atoms with Gasteiger partial charge in [0.2, 0.25) is 5.91 Å². The van der Waals surface area contributed by atoms with E-state index >= 15 is 0 Å². The second-order valence-electron chi connectivity index (χ2n) is 10.1. The number of likely N-dealkylation sites (tertiary alicyclic amines) is 2. The Kier molecular flexibility index (Phi) is 6.88. The molecule has 2 fully saturated rings. The molecule has 2 aromatic heterocycles. The van der Waals surface area contributed by atoms with Gasteiger partial charge in [0.05, 0.1) is 19.7 Å². The molecule has 3 amide bonds. The van der Waals surface area contributed by atoms with E-state index in [4.69, 9.17) is 9.15 Å². The fourth-order valence-electron chi connectivity index (χ4n) is 5.36. The number of carbonyl (C=O) groups is 4. The minimum Gasteiger partial charge on any atom is -0.497 e. The Hall–Kier alpha value is -4.21. The topological polar surface area (TPSA) is 122 Å². The van der Waals surface area contributed by atoms with Crippen LogP contribution in [0.1, 0.15) is 47.7 Å². The van der Waals surface area contributed by atoms with Gasteiger partial charge >= 0.3 is 0 Å². The number of aromatic nitrogens is 1. The summed E-state index contributed by atoms with van der Waals surface area (Å²) >= 11 is 0. The van der Waals surface area contributed by atoms with Crippen molar-refractivity contribution in [3.8, 4) is 5.75 Å². The molecular formula is C28H30N4O6. The number of hydrogen-bond acceptors (Lipinski definition) is 7. The summed E-state index contributed by atoms with van der Waals surface area (Å²) in [4.78, 5) is 60.1. The molecule has 0 aliphatic carbocycles. The summed E-state index contributed by atoms with van der Waals surface area (Å²) in [5.41, 5.74) is 0.790. The third-order valence-electron chi connectivity index (χ3n) is 7.11. The van der Waals surface area contributed by atoms with Crippen LogP contribution in [0.25, 0.3) is 11.0 Å². The lowest BCUT2D eigenvalue weighted by Gasteiger charge is -2.29. The van der Waals surface area contributed by atoms with Crippen molar-refractivity contribution >= 4 is 34.5 Å². The maximum absolute atomic E-state index is 13.7. The Morgan fingerprint density at radius 2 is 1.97 bits per heavy atom. The molecule has 2 aliphatic heterocycles. The molecule has 198 valence electrons. The Balaban J connectivity index is 1.33. The van der Waals surface area contributed by atoms with Crippen LogP contribution in [0.3, 0.4) is 0 Å². The minimum absolute atomic E-state index is 0.0713. The van der Waals surface area contributed by atoms with Gasteiger partial charge in [-0.05, 0) is 55.2 Å². The maximum atomic E-state index is 13.7. The van der Waals surface area contributed by atoms with Crippen LogP contribution in [0.15, 0.2) is 53.1 Å². The minimum atomic E-state index is -0.850. The summed E-state index contributed by atoms with van der Waals surface area (Å²) in [5, 5.41) is 3.53. The lowest BCUT2D eigenvalue weighted by molar-refractivity contribution is -0.138. The molecule has 38 heavy (non-hydrogen) atoms. The number of carbonyl (C=O) groups excluding carboxylic acids is 4. The molecule has 2 aliphatic rings. The third-order valence-corrected chi connectivity index (χ3v) is 7.11. The number of benzene rings is 1. The number of nitrogens with one attached hydrogen (secondary N) is 1. The number of ketones is 1. The number of fused-ring (bicyclic) bond motifs is 2. The standard InChI is InChI=1S/C28H30N4O6/c1-16(2)12-20(30-26(34)24-14-17-13-18(37-3)7-8-23(17)38-24)28(36)31-11-9-21-25(31)22(33)15-32(21)27(35)19-6-4-5-10-29-19/h4-8,10,13-14,16,20-21,25H,9,11-12,15H2,1-3H3,(H,30,34). The van der Waals surface area contributed by atoms with Crippen LogP contribution in [-0.4, -0.2) is 76.6 Å². The summed E-state index contributed by atoms with van der Waals surface area (Å²) in [6.07, 6.45) is 2.40. The van der Waals surface area contributed by atoms with E-state index in [2.05, 4.69) is 10.3 Å². The fraction of sp³-hybridized carbons (Fsp3) is 0.393. The van der Waals surface area contributed by atoms with Crippen molar-refractivity contribution in [2.75, 3.05) is 20.2 Å². The summed E-state index contributed by atoms with van der Waals surface area (Å²) in [6, 6.07) is 9.88. The van der Waals surface area contributed by atoms with Crippen LogP contribution in [0.2, 0.25) is 0 Å². The van der Waals surface area contributed by atoms with Crippen molar-refractivity contribution in [2.24, 2.45) is 5.92 Å². The number of Topliss-reactive ketones (excluding diaryl/α,β-unsaturated/α-hetero) is 1. The number of methoxy groups -OCH3 is 1. The molecule has 1 aromatic carbocycles. The molecule has 5 rings (SSSR count). The predicted molar refractivity (Wildman–Crippen MR) is 138 cm³/mol. The molecule has 10 nitrogen and oxygen atoms in total. The first-order valence-electron chi connectivity index (χ1n) is 12.7. The average molecular weight is 519 g/mol. The monoisotopic (exact) mass is 518 g/mol. The quantitative estimate of drug-likeness (QED) is 0.510. The molecule has 2 saturated heterocycles. The van der Waals surface area contributed by atoms with Crippen LogP contribution in [0, 0.1) is 5.92 Å². The van der Waals surface area contributed by atoms with Gasteiger partial charge in [-0.2, -0.15) is 0 Å². The van der Waals surface area contributed by atoms with Gasteiger partial charge in [-0.3, -0.25) is 24.2 Å². The zero-order chi connectivity index (χ0) is 27.0. The number of nitrogens with zero attached hydrogens (tertiary/aromatic N) is 3. The molecular weight excluding hydrogens is 488 g/mol. The largest absolute Gasteiger partial charge is 0.497 e. The van der Waals surface area contributed by atoms with E-state index in [0.717, 1.165) is 0 Å². The molecule has 0 radical (unpaired) electrons. The van der Waals surface area contributed by atoms with Crippen molar-refractivity contribution in [3.05, 3.63) is 60.1 Å². The van der Waals surface area contributed by atoms with Gasteiger partial charge in [-0.25, -0.2) is 0 Å². The summed E-state index contributed by atoms with van der Waals surface area (Å²) in [5.74, 6) is -0.543. The number of ether oxygens (including phenoxy) is 1. The normalized spacial score (nSPS) is 19.6. The lowest BCUT2D eigenvalue weighted by atomic mass is 10.0. The lowest BCUT2D eigenvalue weighted by Crippen LogP contribution is -2.53. The Morgan fingerprint density at radius 1 is 1.16 bits per heavy atom. The molecule has 1 N–H and O–H groups in total. The summed E-state index contributed by atoms with van der Waals surface area (Å²) < 4.78 is 10.9. The zero-order valence-corrected chi connectivity index (χ0v) is 21.5.